The van der Waals surface area contributed by atoms with Crippen LogP contribution in [0.15, 0.2) is 42.5 Å². The van der Waals surface area contributed by atoms with Gasteiger partial charge < -0.3 is 20.8 Å². The number of ether oxygens (including phenoxy) is 1. The predicted molar refractivity (Wildman–Crippen MR) is 110 cm³/mol. The monoisotopic (exact) mass is 361 g/mol. The van der Waals surface area contributed by atoms with E-state index < -0.39 is 0 Å². The second-order valence-electron chi connectivity index (χ2n) is 6.49. The van der Waals surface area contributed by atoms with Crippen molar-refractivity contribution in [3.05, 3.63) is 48.3 Å². The molecule has 2 aromatic carbocycles. The van der Waals surface area contributed by atoms with Crippen molar-refractivity contribution in [2.24, 2.45) is 0 Å². The molecular weight excluding hydrogens is 338 g/mol. The van der Waals surface area contributed by atoms with Crippen molar-refractivity contribution in [1.82, 2.24) is 15.0 Å². The maximum atomic E-state index is 6.16. The fraction of sp³-hybridized carbons (Fsp3) is 0.238. The molecule has 0 unspecified atom stereocenters. The number of nitrogens with one attached hydrogen (secondary N) is 2. The Labute approximate surface area is 157 Å². The summed E-state index contributed by atoms with van der Waals surface area (Å²) < 4.78 is 6.02. The van der Waals surface area contributed by atoms with Crippen LogP contribution >= 0.6 is 0 Å². The molecule has 4 N–H and O–H groups in total. The molecule has 0 aliphatic heterocycles. The second-order valence-corrected chi connectivity index (χ2v) is 6.49. The van der Waals surface area contributed by atoms with Crippen LogP contribution in [0, 0.1) is 0 Å². The van der Waals surface area contributed by atoms with E-state index in [1.165, 1.54) is 0 Å². The summed E-state index contributed by atoms with van der Waals surface area (Å²) in [5.41, 5.74) is 9.62. The predicted octanol–water partition coefficient (Wildman–Crippen LogP) is 4.87. The van der Waals surface area contributed by atoms with Gasteiger partial charge in [0.05, 0.1) is 5.52 Å². The number of aromatic nitrogens is 3. The van der Waals surface area contributed by atoms with Crippen LogP contribution in [-0.2, 0) is 6.42 Å². The van der Waals surface area contributed by atoms with E-state index >= 15 is 0 Å². The van der Waals surface area contributed by atoms with Gasteiger partial charge in [-0.05, 0) is 37.6 Å². The van der Waals surface area contributed by atoms with Crippen LogP contribution < -0.4 is 15.8 Å². The molecule has 0 aliphatic rings. The number of rotatable bonds is 6. The van der Waals surface area contributed by atoms with E-state index in [1.807, 2.05) is 42.5 Å². The molecule has 0 saturated heterocycles. The first-order valence-corrected chi connectivity index (χ1v) is 9.27. The van der Waals surface area contributed by atoms with Gasteiger partial charge in [0.2, 0.25) is 0 Å². The number of pyridine rings is 1. The molecule has 4 aromatic rings. The summed E-state index contributed by atoms with van der Waals surface area (Å²) in [6, 6.07) is 13.7. The summed E-state index contributed by atoms with van der Waals surface area (Å²) in [6.07, 6.45) is 1.91. The maximum Gasteiger partial charge on any atom is 0.150 e. The lowest BCUT2D eigenvalue weighted by Crippen LogP contribution is -1.96. The average molecular weight is 361 g/mol. The Balaban J connectivity index is 1.71. The van der Waals surface area contributed by atoms with Crippen LogP contribution in [0.3, 0.4) is 0 Å². The van der Waals surface area contributed by atoms with Gasteiger partial charge in [-0.1, -0.05) is 13.0 Å². The lowest BCUT2D eigenvalue weighted by atomic mass is 10.2. The summed E-state index contributed by atoms with van der Waals surface area (Å²) >= 11 is 0. The molecule has 6 nitrogen and oxygen atoms in total. The van der Waals surface area contributed by atoms with Gasteiger partial charge in [0.25, 0.3) is 0 Å². The number of imidazole rings is 1. The number of aromatic amines is 1. The minimum absolute atomic E-state index is 0.457. The number of hydrogen-bond acceptors (Lipinski definition) is 5. The number of hydrogen-bond donors (Lipinski definition) is 3. The third-order valence-corrected chi connectivity index (χ3v) is 4.41. The van der Waals surface area contributed by atoms with E-state index in [9.17, 15) is 0 Å². The van der Waals surface area contributed by atoms with E-state index in [0.717, 1.165) is 58.6 Å². The summed E-state index contributed by atoms with van der Waals surface area (Å²) in [7, 11) is 0. The number of H-pyrrole nitrogens is 1. The largest absolute Gasteiger partial charge is 0.457 e. The van der Waals surface area contributed by atoms with Gasteiger partial charge in [-0.3, -0.25) is 0 Å². The Bertz CT molecular complexity index is 1100. The average Bonchev–Trinajstić information content (AvgIpc) is 3.07. The molecule has 0 aliphatic carbocycles. The fourth-order valence-corrected chi connectivity index (χ4v) is 3.22. The zero-order valence-corrected chi connectivity index (χ0v) is 15.5. The number of nitrogens with zero attached hydrogens (tertiary/aromatic N) is 2. The molecule has 0 amide bonds. The van der Waals surface area contributed by atoms with Crippen molar-refractivity contribution in [2.45, 2.75) is 26.7 Å². The van der Waals surface area contributed by atoms with Gasteiger partial charge in [-0.15, -0.1) is 0 Å². The molecule has 0 fully saturated rings. The molecular formula is C21H23N5O. The Morgan fingerprint density at radius 3 is 2.74 bits per heavy atom. The van der Waals surface area contributed by atoms with Crippen molar-refractivity contribution < 1.29 is 4.74 Å². The minimum Gasteiger partial charge on any atom is -0.457 e. The zero-order valence-electron chi connectivity index (χ0n) is 15.5. The molecule has 0 atom stereocenters. The van der Waals surface area contributed by atoms with Crippen molar-refractivity contribution in [1.29, 1.82) is 0 Å². The molecule has 2 heterocycles. The van der Waals surface area contributed by atoms with Gasteiger partial charge in [0, 0.05) is 36.2 Å². The first kappa shape index (κ1) is 17.1. The van der Waals surface area contributed by atoms with Gasteiger partial charge in [0.1, 0.15) is 34.2 Å². The van der Waals surface area contributed by atoms with Gasteiger partial charge >= 0.3 is 0 Å². The lowest BCUT2D eigenvalue weighted by Gasteiger charge is -2.09. The van der Waals surface area contributed by atoms with E-state index in [-0.39, 0.29) is 0 Å². The van der Waals surface area contributed by atoms with Gasteiger partial charge in [-0.2, -0.15) is 0 Å². The van der Waals surface area contributed by atoms with Crippen LogP contribution in [0.5, 0.6) is 11.5 Å². The lowest BCUT2D eigenvalue weighted by molar-refractivity contribution is 0.483. The summed E-state index contributed by atoms with van der Waals surface area (Å²) in [4.78, 5) is 12.5. The maximum absolute atomic E-state index is 6.16. The first-order chi connectivity index (χ1) is 13.2. The van der Waals surface area contributed by atoms with Crippen LogP contribution in [0.4, 0.5) is 11.5 Å². The van der Waals surface area contributed by atoms with E-state index in [0.29, 0.717) is 11.6 Å². The number of fused-ring (bicyclic) bond motifs is 3. The highest BCUT2D eigenvalue weighted by atomic mass is 16.5. The number of anilines is 2. The fourth-order valence-electron chi connectivity index (χ4n) is 3.22. The SMILES string of the molecule is CCCc1nc2c([nH]1)c(N)nc1cc(Oc3cccc(NCC)c3)ccc12. The topological polar surface area (TPSA) is 88.9 Å². The van der Waals surface area contributed by atoms with Gasteiger partial charge in [-0.25, -0.2) is 9.97 Å². The zero-order chi connectivity index (χ0) is 18.8. The Kier molecular flexibility index (Phi) is 4.54. The molecule has 4 rings (SSSR count). The minimum atomic E-state index is 0.457. The van der Waals surface area contributed by atoms with E-state index in [2.05, 4.69) is 29.1 Å². The molecule has 0 bridgehead atoms. The third kappa shape index (κ3) is 3.38. The van der Waals surface area contributed by atoms with Crippen LogP contribution in [0.25, 0.3) is 21.9 Å². The standard InChI is InChI=1S/C21H23N5O/c1-3-6-18-25-19-16-10-9-15(12-17(16)24-21(22)20(19)26-18)27-14-8-5-7-13(11-14)23-4-2/h5,7-12,23H,3-4,6H2,1-2H3,(H2,22,24)(H,25,26). The summed E-state index contributed by atoms with van der Waals surface area (Å²) in [5.74, 6) is 2.88. The Morgan fingerprint density at radius 2 is 1.93 bits per heavy atom. The van der Waals surface area contributed by atoms with Crippen LogP contribution in [-0.4, -0.2) is 21.5 Å². The van der Waals surface area contributed by atoms with Crippen molar-refractivity contribution >= 4 is 33.4 Å². The summed E-state index contributed by atoms with van der Waals surface area (Å²) in [5, 5.41) is 4.25. The number of nitrogen functional groups attached to an aromatic ring is 1. The quantitative estimate of drug-likeness (QED) is 0.456. The highest BCUT2D eigenvalue weighted by molar-refractivity contribution is 6.06. The number of benzene rings is 2. The normalized spacial score (nSPS) is 11.2. The third-order valence-electron chi connectivity index (χ3n) is 4.41. The summed E-state index contributed by atoms with van der Waals surface area (Å²) in [6.45, 7) is 5.05. The van der Waals surface area contributed by atoms with E-state index in [4.69, 9.17) is 15.5 Å². The Morgan fingerprint density at radius 1 is 1.07 bits per heavy atom. The number of aryl methyl sites for hydroxylation is 1. The highest BCUT2D eigenvalue weighted by Gasteiger charge is 2.12. The number of nitrogens with two attached hydrogens (primary N) is 1. The van der Waals surface area contributed by atoms with Crippen LogP contribution in [0.2, 0.25) is 0 Å². The Hall–Kier alpha value is -3.28. The molecule has 0 spiro atoms. The molecule has 0 radical (unpaired) electrons. The second kappa shape index (κ2) is 7.15. The van der Waals surface area contributed by atoms with Crippen molar-refractivity contribution in [2.75, 3.05) is 17.6 Å². The molecule has 27 heavy (non-hydrogen) atoms. The van der Waals surface area contributed by atoms with Crippen molar-refractivity contribution in [3.8, 4) is 11.5 Å². The van der Waals surface area contributed by atoms with Crippen molar-refractivity contribution in [3.63, 3.8) is 0 Å². The molecule has 0 saturated carbocycles. The molecule has 138 valence electrons. The molecule has 6 heteroatoms. The first-order valence-electron chi connectivity index (χ1n) is 9.27. The van der Waals surface area contributed by atoms with Gasteiger partial charge in [0.15, 0.2) is 0 Å². The van der Waals surface area contributed by atoms with E-state index in [1.54, 1.807) is 0 Å². The molecule has 2 aromatic heterocycles. The van der Waals surface area contributed by atoms with Crippen LogP contribution in [0.1, 0.15) is 26.1 Å². The highest BCUT2D eigenvalue weighted by Crippen LogP contribution is 2.31. The smallest absolute Gasteiger partial charge is 0.150 e.